The van der Waals surface area contributed by atoms with Gasteiger partial charge in [0, 0.05) is 36.8 Å². The van der Waals surface area contributed by atoms with E-state index in [4.69, 9.17) is 5.73 Å². The molecule has 0 atom stereocenters. The van der Waals surface area contributed by atoms with Gasteiger partial charge in [-0.2, -0.15) is 0 Å². The van der Waals surface area contributed by atoms with Gasteiger partial charge in [-0.15, -0.1) is 11.3 Å². The lowest BCUT2D eigenvalue weighted by atomic mass is 10.0. The van der Waals surface area contributed by atoms with Crippen LogP contribution in [0.5, 0.6) is 0 Å². The maximum atomic E-state index is 12.9. The normalized spacial score (nSPS) is 15.8. The number of nitrogen functional groups attached to an aromatic ring is 1. The Morgan fingerprint density at radius 1 is 1.21 bits per heavy atom. The van der Waals surface area contributed by atoms with Gasteiger partial charge < -0.3 is 11.1 Å². The van der Waals surface area contributed by atoms with Crippen LogP contribution in [-0.2, 0) is 6.54 Å². The van der Waals surface area contributed by atoms with E-state index in [1.165, 1.54) is 16.9 Å². The minimum Gasteiger partial charge on any atom is -0.397 e. The van der Waals surface area contributed by atoms with E-state index >= 15 is 0 Å². The monoisotopic (exact) mass is 408 g/mol. The molecule has 1 aliphatic heterocycles. The van der Waals surface area contributed by atoms with E-state index in [9.17, 15) is 4.79 Å². The van der Waals surface area contributed by atoms with E-state index < -0.39 is 0 Å². The Labute approximate surface area is 175 Å². The van der Waals surface area contributed by atoms with Crippen molar-refractivity contribution < 1.29 is 4.79 Å². The van der Waals surface area contributed by atoms with Crippen LogP contribution in [0.2, 0.25) is 0 Å². The Kier molecular flexibility index (Phi) is 5.83. The molecule has 3 N–H and O–H groups in total. The Bertz CT molecular complexity index is 991. The molecule has 0 spiro atoms. The van der Waals surface area contributed by atoms with Gasteiger partial charge in [-0.3, -0.25) is 9.69 Å². The van der Waals surface area contributed by atoms with Crippen LogP contribution < -0.4 is 11.1 Å². The highest BCUT2D eigenvalue weighted by atomic mass is 32.1. The number of rotatable bonds is 5. The molecule has 3 heterocycles. The lowest BCUT2D eigenvalue weighted by Crippen LogP contribution is -2.44. The first-order chi connectivity index (χ1) is 14.0. The number of carbonyl (C=O) groups excluding carboxylic acids is 1. The molecule has 0 radical (unpaired) electrons. The van der Waals surface area contributed by atoms with Crippen molar-refractivity contribution in [2.24, 2.45) is 0 Å². The summed E-state index contributed by atoms with van der Waals surface area (Å²) < 4.78 is 0. The predicted molar refractivity (Wildman–Crippen MR) is 120 cm³/mol. The minimum atomic E-state index is -0.0712. The molecule has 0 saturated carbocycles. The number of hydrogen-bond donors (Lipinski definition) is 2. The number of hydrogen-bond acceptors (Lipinski definition) is 5. The number of likely N-dealkylation sites (tertiary alicyclic amines) is 1. The van der Waals surface area contributed by atoms with Crippen LogP contribution in [-0.4, -0.2) is 34.9 Å². The second kappa shape index (κ2) is 8.51. The molecule has 2 aromatic heterocycles. The fourth-order valence-electron chi connectivity index (χ4n) is 3.83. The highest BCUT2D eigenvalue weighted by Crippen LogP contribution is 2.33. The van der Waals surface area contributed by atoms with Crippen LogP contribution in [0.3, 0.4) is 0 Å². The van der Waals surface area contributed by atoms with E-state index in [-0.39, 0.29) is 11.9 Å². The van der Waals surface area contributed by atoms with Gasteiger partial charge in [-0.05, 0) is 36.5 Å². The SMILES string of the molecule is CC(C)c1ccc2c(N)c(C(=O)NC3CCN(Cc4ccccc4)CC3)sc2n1. The number of amides is 1. The van der Waals surface area contributed by atoms with Gasteiger partial charge in [0.15, 0.2) is 0 Å². The van der Waals surface area contributed by atoms with Crippen LogP contribution in [0, 0.1) is 0 Å². The number of nitrogens with one attached hydrogen (secondary N) is 1. The molecule has 0 aliphatic carbocycles. The Morgan fingerprint density at radius 3 is 2.62 bits per heavy atom. The quantitative estimate of drug-likeness (QED) is 0.657. The highest BCUT2D eigenvalue weighted by molar-refractivity contribution is 7.21. The van der Waals surface area contributed by atoms with E-state index in [0.29, 0.717) is 16.5 Å². The first-order valence-electron chi connectivity index (χ1n) is 10.3. The summed E-state index contributed by atoms with van der Waals surface area (Å²) in [5.41, 5.74) is 9.19. The summed E-state index contributed by atoms with van der Waals surface area (Å²) in [5.74, 6) is 0.277. The summed E-state index contributed by atoms with van der Waals surface area (Å²) in [4.78, 5) is 21.4. The van der Waals surface area contributed by atoms with Gasteiger partial charge in [0.1, 0.15) is 9.71 Å². The molecular formula is C23H28N4OS. The zero-order chi connectivity index (χ0) is 20.4. The third-order valence-electron chi connectivity index (χ3n) is 5.58. The average molecular weight is 409 g/mol. The van der Waals surface area contributed by atoms with Gasteiger partial charge in [-0.1, -0.05) is 44.2 Å². The molecule has 4 rings (SSSR count). The number of nitrogens with two attached hydrogens (primary N) is 1. The number of pyridine rings is 1. The molecular weight excluding hydrogens is 380 g/mol. The zero-order valence-corrected chi connectivity index (χ0v) is 17.8. The largest absolute Gasteiger partial charge is 0.397 e. The molecule has 0 bridgehead atoms. The molecule has 1 aromatic carbocycles. The van der Waals surface area contributed by atoms with Crippen molar-refractivity contribution in [3.63, 3.8) is 0 Å². The van der Waals surface area contributed by atoms with E-state index in [2.05, 4.69) is 53.3 Å². The van der Waals surface area contributed by atoms with Crippen LogP contribution >= 0.6 is 11.3 Å². The maximum absolute atomic E-state index is 12.9. The molecule has 152 valence electrons. The molecule has 1 amide bonds. The summed E-state index contributed by atoms with van der Waals surface area (Å²) in [6, 6.07) is 14.7. The van der Waals surface area contributed by atoms with Crippen molar-refractivity contribution in [3.05, 3.63) is 58.6 Å². The maximum Gasteiger partial charge on any atom is 0.263 e. The molecule has 3 aromatic rings. The summed E-state index contributed by atoms with van der Waals surface area (Å²) in [5, 5.41) is 4.07. The number of aromatic nitrogens is 1. The van der Waals surface area contributed by atoms with Crippen molar-refractivity contribution in [1.82, 2.24) is 15.2 Å². The van der Waals surface area contributed by atoms with Crippen molar-refractivity contribution in [2.75, 3.05) is 18.8 Å². The van der Waals surface area contributed by atoms with Crippen molar-refractivity contribution in [2.45, 2.75) is 45.2 Å². The van der Waals surface area contributed by atoms with Gasteiger partial charge in [0.05, 0.1) is 5.69 Å². The summed E-state index contributed by atoms with van der Waals surface area (Å²) in [7, 11) is 0. The summed E-state index contributed by atoms with van der Waals surface area (Å²) >= 11 is 1.40. The number of piperidine rings is 1. The Hall–Kier alpha value is -2.44. The number of benzene rings is 1. The van der Waals surface area contributed by atoms with Crippen molar-refractivity contribution in [3.8, 4) is 0 Å². The van der Waals surface area contributed by atoms with Crippen molar-refractivity contribution >= 4 is 33.1 Å². The lowest BCUT2D eigenvalue weighted by molar-refractivity contribution is 0.0914. The molecule has 1 saturated heterocycles. The fraction of sp³-hybridized carbons (Fsp3) is 0.391. The van der Waals surface area contributed by atoms with Gasteiger partial charge in [0.2, 0.25) is 0 Å². The summed E-state index contributed by atoms with van der Waals surface area (Å²) in [6.45, 7) is 7.17. The third kappa shape index (κ3) is 4.43. The first-order valence-corrected chi connectivity index (χ1v) is 11.1. The number of nitrogens with zero attached hydrogens (tertiary/aromatic N) is 2. The van der Waals surface area contributed by atoms with Crippen LogP contribution in [0.25, 0.3) is 10.2 Å². The van der Waals surface area contributed by atoms with Gasteiger partial charge in [0.25, 0.3) is 5.91 Å². The van der Waals surface area contributed by atoms with E-state index in [0.717, 1.165) is 48.4 Å². The second-order valence-electron chi connectivity index (χ2n) is 8.10. The molecule has 0 unspecified atom stereocenters. The molecule has 1 aliphatic rings. The Balaban J connectivity index is 1.38. The van der Waals surface area contributed by atoms with Gasteiger partial charge >= 0.3 is 0 Å². The number of anilines is 1. The van der Waals surface area contributed by atoms with Crippen LogP contribution in [0.4, 0.5) is 5.69 Å². The minimum absolute atomic E-state index is 0.0712. The van der Waals surface area contributed by atoms with E-state index in [1.807, 2.05) is 18.2 Å². The molecule has 29 heavy (non-hydrogen) atoms. The zero-order valence-electron chi connectivity index (χ0n) is 17.0. The fourth-order valence-corrected chi connectivity index (χ4v) is 4.83. The topological polar surface area (TPSA) is 71.2 Å². The Morgan fingerprint density at radius 2 is 1.93 bits per heavy atom. The molecule has 1 fully saturated rings. The number of fused-ring (bicyclic) bond motifs is 1. The average Bonchev–Trinajstić information content (AvgIpc) is 3.06. The van der Waals surface area contributed by atoms with E-state index in [1.54, 1.807) is 0 Å². The highest BCUT2D eigenvalue weighted by Gasteiger charge is 2.24. The number of thiophene rings is 1. The predicted octanol–water partition coefficient (Wildman–Crippen LogP) is 4.40. The van der Waals surface area contributed by atoms with Crippen molar-refractivity contribution in [1.29, 1.82) is 0 Å². The molecule has 5 nitrogen and oxygen atoms in total. The summed E-state index contributed by atoms with van der Waals surface area (Å²) in [6.07, 6.45) is 1.91. The first kappa shape index (κ1) is 19.9. The standard InChI is InChI=1S/C23H28N4OS/c1-15(2)19-9-8-18-20(24)21(29-23(18)26-19)22(28)25-17-10-12-27(13-11-17)14-16-6-4-3-5-7-16/h3-9,15,17H,10-14,24H2,1-2H3,(H,25,28). The van der Waals surface area contributed by atoms with Gasteiger partial charge in [-0.25, -0.2) is 4.98 Å². The molecule has 6 heteroatoms. The third-order valence-corrected chi connectivity index (χ3v) is 6.70. The van der Waals surface area contributed by atoms with Crippen LogP contribution in [0.1, 0.15) is 53.5 Å². The second-order valence-corrected chi connectivity index (χ2v) is 9.10. The lowest BCUT2D eigenvalue weighted by Gasteiger charge is -2.32. The smallest absolute Gasteiger partial charge is 0.263 e. The van der Waals surface area contributed by atoms with Crippen LogP contribution in [0.15, 0.2) is 42.5 Å². The number of carbonyl (C=O) groups is 1.